The Morgan fingerprint density at radius 1 is 0.839 bits per heavy atom. The summed E-state index contributed by atoms with van der Waals surface area (Å²) in [5.74, 6) is 3.41. The molecule has 0 amide bonds. The minimum atomic E-state index is 0.605. The first-order chi connectivity index (χ1) is 15.2. The highest BCUT2D eigenvalue weighted by atomic mass is 15.1. The third-order valence-corrected chi connectivity index (χ3v) is 9.30. The van der Waals surface area contributed by atoms with Gasteiger partial charge in [0.1, 0.15) is 0 Å². The van der Waals surface area contributed by atoms with Crippen LogP contribution in [0, 0.1) is 28.6 Å². The van der Waals surface area contributed by atoms with Gasteiger partial charge in [-0.3, -0.25) is 0 Å². The zero-order valence-corrected chi connectivity index (χ0v) is 17.9. The SMILES string of the molecule is CN(c1ccc(C#N)cc1)c1ccc2c(c1)-c1ccccc1C1CC3CC4CC2C34C1. The highest BCUT2D eigenvalue weighted by Crippen LogP contribution is 2.80. The third-order valence-electron chi connectivity index (χ3n) is 9.30. The van der Waals surface area contributed by atoms with E-state index in [9.17, 15) is 0 Å². The Morgan fingerprint density at radius 3 is 2.42 bits per heavy atom. The Kier molecular flexibility index (Phi) is 3.41. The number of anilines is 2. The third kappa shape index (κ3) is 2.17. The second-order valence-electron chi connectivity index (χ2n) is 10.2. The molecule has 3 fully saturated rings. The molecule has 31 heavy (non-hydrogen) atoms. The average Bonchev–Trinajstić information content (AvgIpc) is 3.18. The molecule has 0 heterocycles. The summed E-state index contributed by atoms with van der Waals surface area (Å²) >= 11 is 0. The fourth-order valence-corrected chi connectivity index (χ4v) is 7.78. The molecule has 4 aliphatic rings. The van der Waals surface area contributed by atoms with Crippen molar-refractivity contribution in [2.75, 3.05) is 11.9 Å². The molecule has 3 aromatic carbocycles. The lowest BCUT2D eigenvalue weighted by Gasteiger charge is -2.67. The van der Waals surface area contributed by atoms with Crippen LogP contribution in [-0.2, 0) is 0 Å². The molecule has 0 radical (unpaired) electrons. The van der Waals surface area contributed by atoms with E-state index in [1.54, 1.807) is 11.1 Å². The maximum Gasteiger partial charge on any atom is 0.0991 e. The van der Waals surface area contributed by atoms with Crippen LogP contribution in [0.4, 0.5) is 11.4 Å². The van der Waals surface area contributed by atoms with Crippen LogP contribution in [-0.4, -0.2) is 7.05 Å². The van der Waals surface area contributed by atoms with Gasteiger partial charge in [-0.15, -0.1) is 0 Å². The molecule has 5 unspecified atom stereocenters. The van der Waals surface area contributed by atoms with Crippen LogP contribution in [0.25, 0.3) is 11.1 Å². The lowest BCUT2D eigenvalue weighted by Crippen LogP contribution is -2.58. The van der Waals surface area contributed by atoms with Crippen molar-refractivity contribution >= 4 is 11.4 Å². The molecule has 2 nitrogen and oxygen atoms in total. The number of nitrogens with zero attached hydrogens (tertiary/aromatic N) is 2. The van der Waals surface area contributed by atoms with Crippen molar-refractivity contribution in [1.29, 1.82) is 5.26 Å². The van der Waals surface area contributed by atoms with Gasteiger partial charge < -0.3 is 4.90 Å². The van der Waals surface area contributed by atoms with Crippen LogP contribution in [0.15, 0.2) is 66.7 Å². The Balaban J connectivity index is 1.38. The molecule has 152 valence electrons. The maximum atomic E-state index is 9.12. The van der Waals surface area contributed by atoms with Crippen LogP contribution in [0.5, 0.6) is 0 Å². The van der Waals surface area contributed by atoms with E-state index >= 15 is 0 Å². The van der Waals surface area contributed by atoms with Crippen molar-refractivity contribution < 1.29 is 0 Å². The summed E-state index contributed by atoms with van der Waals surface area (Å²) in [6.45, 7) is 0. The number of hydrogen-bond donors (Lipinski definition) is 0. The van der Waals surface area contributed by atoms with Gasteiger partial charge in [0.05, 0.1) is 11.6 Å². The molecule has 0 saturated heterocycles. The molecule has 0 N–H and O–H groups in total. The second-order valence-corrected chi connectivity index (χ2v) is 10.2. The first-order valence-electron chi connectivity index (χ1n) is 11.7. The summed E-state index contributed by atoms with van der Waals surface area (Å²) < 4.78 is 0. The van der Waals surface area contributed by atoms with Crippen LogP contribution in [0.1, 0.15) is 54.2 Å². The molecule has 2 bridgehead atoms. The molecule has 4 aliphatic carbocycles. The first kappa shape index (κ1) is 17.6. The van der Waals surface area contributed by atoms with E-state index in [4.69, 9.17) is 5.26 Å². The standard InChI is InChI=1S/C29H26N2/c1-31(22-8-6-18(17-30)7-9-22)23-10-11-26-27(15-23)25-5-3-2-4-24(25)19-12-20-13-21-14-28(26)29(20,21)16-19/h2-11,15,19-21,28H,12-14,16H2,1H3. The molecular formula is C29H26N2. The van der Waals surface area contributed by atoms with Crippen LogP contribution >= 0.6 is 0 Å². The Labute approximate surface area is 184 Å². The largest absolute Gasteiger partial charge is 0.345 e. The second kappa shape index (κ2) is 6.01. The van der Waals surface area contributed by atoms with Gasteiger partial charge in [0.15, 0.2) is 0 Å². The number of benzene rings is 3. The fraction of sp³-hybridized carbons (Fsp3) is 0.345. The maximum absolute atomic E-state index is 9.12. The van der Waals surface area contributed by atoms with Gasteiger partial charge in [-0.25, -0.2) is 0 Å². The summed E-state index contributed by atoms with van der Waals surface area (Å²) in [7, 11) is 2.13. The lowest BCUT2D eigenvalue weighted by molar-refractivity contribution is -0.144. The highest BCUT2D eigenvalue weighted by Gasteiger charge is 2.70. The monoisotopic (exact) mass is 402 g/mol. The molecule has 0 aliphatic heterocycles. The predicted molar refractivity (Wildman–Crippen MR) is 124 cm³/mol. The van der Waals surface area contributed by atoms with Gasteiger partial charge in [-0.05, 0) is 113 Å². The van der Waals surface area contributed by atoms with Gasteiger partial charge in [0, 0.05) is 18.4 Å². The van der Waals surface area contributed by atoms with Crippen LogP contribution in [0.3, 0.4) is 0 Å². The van der Waals surface area contributed by atoms with Gasteiger partial charge in [0.25, 0.3) is 0 Å². The molecule has 5 atom stereocenters. The molecule has 3 aromatic rings. The molecule has 2 heteroatoms. The van der Waals surface area contributed by atoms with Gasteiger partial charge >= 0.3 is 0 Å². The Morgan fingerprint density at radius 2 is 1.61 bits per heavy atom. The number of rotatable bonds is 2. The van der Waals surface area contributed by atoms with Crippen molar-refractivity contribution in [3.05, 3.63) is 83.4 Å². The summed E-state index contributed by atoms with van der Waals surface area (Å²) in [5, 5.41) is 9.12. The summed E-state index contributed by atoms with van der Waals surface area (Å²) in [5.41, 5.74) is 9.71. The van der Waals surface area contributed by atoms with Crippen molar-refractivity contribution in [1.82, 2.24) is 0 Å². The minimum Gasteiger partial charge on any atom is -0.345 e. The normalized spacial score (nSPS) is 31.0. The Hall–Kier alpha value is -3.05. The minimum absolute atomic E-state index is 0.605. The van der Waals surface area contributed by atoms with E-state index < -0.39 is 0 Å². The average molecular weight is 403 g/mol. The van der Waals surface area contributed by atoms with Crippen LogP contribution in [0.2, 0.25) is 0 Å². The first-order valence-corrected chi connectivity index (χ1v) is 11.7. The topological polar surface area (TPSA) is 27.0 Å². The predicted octanol–water partition coefficient (Wildman–Crippen LogP) is 6.99. The molecule has 3 saturated carbocycles. The highest BCUT2D eigenvalue weighted by molar-refractivity contribution is 5.79. The molecular weight excluding hydrogens is 376 g/mol. The molecule has 7 rings (SSSR count). The van der Waals surface area contributed by atoms with Gasteiger partial charge in [0.2, 0.25) is 0 Å². The number of fused-ring (bicyclic) bond motifs is 6. The van der Waals surface area contributed by atoms with E-state index in [0.717, 1.165) is 29.4 Å². The lowest BCUT2D eigenvalue weighted by atomic mass is 9.37. The van der Waals surface area contributed by atoms with Gasteiger partial charge in [-0.1, -0.05) is 30.3 Å². The van der Waals surface area contributed by atoms with E-state index in [1.807, 2.05) is 24.3 Å². The van der Waals surface area contributed by atoms with E-state index in [0.29, 0.717) is 11.0 Å². The van der Waals surface area contributed by atoms with Crippen molar-refractivity contribution in [2.45, 2.75) is 37.5 Å². The summed E-state index contributed by atoms with van der Waals surface area (Å²) in [4.78, 5) is 2.24. The number of nitriles is 1. The summed E-state index contributed by atoms with van der Waals surface area (Å²) in [6.07, 6.45) is 5.68. The van der Waals surface area contributed by atoms with E-state index in [-0.39, 0.29) is 0 Å². The fourth-order valence-electron chi connectivity index (χ4n) is 7.78. The summed E-state index contributed by atoms with van der Waals surface area (Å²) in [6, 6.07) is 26.5. The quantitative estimate of drug-likeness (QED) is 0.462. The molecule has 0 aromatic heterocycles. The van der Waals surface area contributed by atoms with Crippen molar-refractivity contribution in [3.63, 3.8) is 0 Å². The zero-order chi connectivity index (χ0) is 20.7. The van der Waals surface area contributed by atoms with Gasteiger partial charge in [-0.2, -0.15) is 5.26 Å². The number of hydrogen-bond acceptors (Lipinski definition) is 2. The van der Waals surface area contributed by atoms with Crippen molar-refractivity contribution in [2.24, 2.45) is 17.3 Å². The van der Waals surface area contributed by atoms with Crippen molar-refractivity contribution in [3.8, 4) is 17.2 Å². The van der Waals surface area contributed by atoms with Crippen LogP contribution < -0.4 is 4.90 Å². The molecule has 1 spiro atoms. The van der Waals surface area contributed by atoms with E-state index in [2.05, 4.69) is 60.5 Å². The smallest absolute Gasteiger partial charge is 0.0991 e. The zero-order valence-electron chi connectivity index (χ0n) is 17.9. The Bertz CT molecular complexity index is 1250. The van der Waals surface area contributed by atoms with E-state index in [1.165, 1.54) is 42.5 Å².